The van der Waals surface area contributed by atoms with E-state index < -0.39 is 0 Å². The average molecular weight is 512 g/mol. The van der Waals surface area contributed by atoms with Gasteiger partial charge in [0.05, 0.1) is 35.7 Å². The van der Waals surface area contributed by atoms with Crippen molar-refractivity contribution in [3.8, 4) is 17.0 Å². The van der Waals surface area contributed by atoms with Gasteiger partial charge >= 0.3 is 0 Å². The lowest BCUT2D eigenvalue weighted by Gasteiger charge is -2.40. The Morgan fingerprint density at radius 2 is 1.97 bits per heavy atom. The molecular formula is C26H30ClN5O4. The fourth-order valence-electron chi connectivity index (χ4n) is 5.13. The van der Waals surface area contributed by atoms with Crippen molar-refractivity contribution < 1.29 is 19.1 Å². The van der Waals surface area contributed by atoms with Crippen molar-refractivity contribution in [2.45, 2.75) is 19.9 Å². The van der Waals surface area contributed by atoms with Crippen LogP contribution in [0.1, 0.15) is 21.5 Å². The summed E-state index contributed by atoms with van der Waals surface area (Å²) in [5.74, 6) is 0.435. The molecule has 3 aliphatic rings. The number of piperazine rings is 1. The Kier molecular flexibility index (Phi) is 6.53. The number of fused-ring (bicyclic) bond motifs is 2. The van der Waals surface area contributed by atoms with Gasteiger partial charge in [0, 0.05) is 38.3 Å². The summed E-state index contributed by atoms with van der Waals surface area (Å²) in [5.41, 5.74) is 10.6. The molecule has 0 bridgehead atoms. The van der Waals surface area contributed by atoms with Crippen LogP contribution < -0.4 is 15.4 Å². The highest BCUT2D eigenvalue weighted by molar-refractivity contribution is 6.36. The number of rotatable bonds is 3. The van der Waals surface area contributed by atoms with Crippen LogP contribution in [0.3, 0.4) is 0 Å². The Bertz CT molecular complexity index is 1240. The number of benzene rings is 1. The van der Waals surface area contributed by atoms with Gasteiger partial charge in [-0.25, -0.2) is 4.98 Å². The summed E-state index contributed by atoms with van der Waals surface area (Å²) >= 11 is 6.99. The van der Waals surface area contributed by atoms with Gasteiger partial charge in [-0.2, -0.15) is 0 Å². The Balaban J connectivity index is 1.66. The van der Waals surface area contributed by atoms with Crippen molar-refractivity contribution in [3.63, 3.8) is 0 Å². The highest BCUT2D eigenvalue weighted by atomic mass is 35.5. The first-order chi connectivity index (χ1) is 17.3. The van der Waals surface area contributed by atoms with Crippen LogP contribution in [-0.2, 0) is 9.53 Å². The van der Waals surface area contributed by atoms with Crippen LogP contribution in [0, 0.1) is 13.8 Å². The van der Waals surface area contributed by atoms with Crippen molar-refractivity contribution in [1.82, 2.24) is 14.8 Å². The van der Waals surface area contributed by atoms with Crippen molar-refractivity contribution >= 4 is 34.9 Å². The third kappa shape index (κ3) is 4.16. The monoisotopic (exact) mass is 511 g/mol. The van der Waals surface area contributed by atoms with Crippen LogP contribution in [0.2, 0.25) is 5.02 Å². The van der Waals surface area contributed by atoms with Gasteiger partial charge < -0.3 is 29.9 Å². The summed E-state index contributed by atoms with van der Waals surface area (Å²) in [4.78, 5) is 36.5. The summed E-state index contributed by atoms with van der Waals surface area (Å²) in [6, 6.07) is 3.46. The zero-order valence-corrected chi connectivity index (χ0v) is 21.3. The van der Waals surface area contributed by atoms with Crippen LogP contribution in [0.25, 0.3) is 11.3 Å². The minimum absolute atomic E-state index is 0.151. The van der Waals surface area contributed by atoms with Crippen LogP contribution in [0.5, 0.6) is 5.75 Å². The predicted octanol–water partition coefficient (Wildman–Crippen LogP) is 2.67. The molecule has 4 heterocycles. The third-order valence-electron chi connectivity index (χ3n) is 7.22. The lowest BCUT2D eigenvalue weighted by atomic mass is 9.98. The van der Waals surface area contributed by atoms with Gasteiger partial charge in [0.1, 0.15) is 18.0 Å². The first kappa shape index (κ1) is 24.4. The van der Waals surface area contributed by atoms with E-state index >= 15 is 0 Å². The molecule has 0 aliphatic carbocycles. The zero-order chi connectivity index (χ0) is 25.6. The second kappa shape index (κ2) is 9.63. The second-order valence-electron chi connectivity index (χ2n) is 9.35. The molecule has 1 atom stereocenters. The number of nitrogens with zero attached hydrogens (tertiary/aromatic N) is 4. The number of carbonyl (C=O) groups excluding carboxylic acids is 2. The molecule has 2 amide bonds. The first-order valence-corrected chi connectivity index (χ1v) is 12.5. The molecule has 190 valence electrons. The fraction of sp³-hybridized carbons (Fsp3) is 0.423. The standard InChI is InChI=1S/C26H30ClN5O4/c1-4-21(33)31-5-6-32-17(13-31)14-36-25-22(26(32)34)19(30-7-9-35-10-8-30)12-18(23(25)27)24-16(3)15(2)11-20(28)29-24/h4,11-12,17H,1,5-10,13-14H2,2-3H3,(H2,28,29)/t17-/m1/s1. The molecule has 3 aliphatic heterocycles. The van der Waals surface area contributed by atoms with Crippen molar-refractivity contribution in [2.75, 3.05) is 63.2 Å². The minimum Gasteiger partial charge on any atom is -0.489 e. The molecule has 1 aromatic carbocycles. The first-order valence-electron chi connectivity index (χ1n) is 12.1. The predicted molar refractivity (Wildman–Crippen MR) is 139 cm³/mol. The maximum atomic E-state index is 14.0. The maximum Gasteiger partial charge on any atom is 0.260 e. The number of halogens is 1. The number of amides is 2. The summed E-state index contributed by atoms with van der Waals surface area (Å²) in [6.07, 6.45) is 1.30. The molecule has 10 heteroatoms. The number of carbonyl (C=O) groups is 2. The Morgan fingerprint density at radius 1 is 1.22 bits per heavy atom. The number of hydrogen-bond donors (Lipinski definition) is 1. The van der Waals surface area contributed by atoms with Gasteiger partial charge in [0.15, 0.2) is 5.75 Å². The third-order valence-corrected chi connectivity index (χ3v) is 7.60. The molecule has 9 nitrogen and oxygen atoms in total. The van der Waals surface area contributed by atoms with E-state index in [1.165, 1.54) is 6.08 Å². The number of morpholine rings is 1. The molecular weight excluding hydrogens is 482 g/mol. The van der Waals surface area contributed by atoms with Crippen molar-refractivity contribution in [1.29, 1.82) is 0 Å². The number of hydrogen-bond acceptors (Lipinski definition) is 7. The highest BCUT2D eigenvalue weighted by Gasteiger charge is 2.40. The van der Waals surface area contributed by atoms with E-state index in [0.717, 1.165) is 16.8 Å². The molecule has 0 saturated carbocycles. The molecule has 2 aromatic rings. The van der Waals surface area contributed by atoms with E-state index in [-0.39, 0.29) is 24.5 Å². The Labute approximate surface area is 215 Å². The second-order valence-corrected chi connectivity index (χ2v) is 9.73. The van der Waals surface area contributed by atoms with Crippen LogP contribution in [0.4, 0.5) is 11.5 Å². The van der Waals surface area contributed by atoms with Crippen LogP contribution in [0.15, 0.2) is 24.8 Å². The zero-order valence-electron chi connectivity index (χ0n) is 20.6. The van der Waals surface area contributed by atoms with Crippen LogP contribution >= 0.6 is 11.6 Å². The smallest absolute Gasteiger partial charge is 0.260 e. The largest absolute Gasteiger partial charge is 0.489 e. The van der Waals surface area contributed by atoms with E-state index in [2.05, 4.69) is 16.5 Å². The van der Waals surface area contributed by atoms with E-state index in [0.29, 0.717) is 79.3 Å². The molecule has 0 spiro atoms. The molecule has 5 rings (SSSR count). The number of aryl methyl sites for hydroxylation is 1. The highest BCUT2D eigenvalue weighted by Crippen LogP contribution is 2.46. The average Bonchev–Trinajstić information content (AvgIpc) is 3.03. The van der Waals surface area contributed by atoms with Gasteiger partial charge in [0.2, 0.25) is 5.91 Å². The molecule has 2 fully saturated rings. The summed E-state index contributed by atoms with van der Waals surface area (Å²) < 4.78 is 11.9. The fourth-order valence-corrected chi connectivity index (χ4v) is 5.42. The number of nitrogens with two attached hydrogens (primary N) is 1. The molecule has 0 unspecified atom stereocenters. The molecule has 1 aromatic heterocycles. The molecule has 2 saturated heterocycles. The lowest BCUT2D eigenvalue weighted by Crippen LogP contribution is -2.57. The van der Waals surface area contributed by atoms with Crippen LogP contribution in [-0.4, -0.2) is 85.2 Å². The number of aromatic nitrogens is 1. The quantitative estimate of drug-likeness (QED) is 0.632. The van der Waals surface area contributed by atoms with E-state index in [1.807, 2.05) is 26.0 Å². The normalized spacial score (nSPS) is 19.8. The van der Waals surface area contributed by atoms with E-state index in [4.69, 9.17) is 26.8 Å². The van der Waals surface area contributed by atoms with E-state index in [1.54, 1.807) is 9.80 Å². The summed E-state index contributed by atoms with van der Waals surface area (Å²) in [7, 11) is 0. The Morgan fingerprint density at radius 3 is 2.69 bits per heavy atom. The number of nitrogen functional groups attached to an aromatic ring is 1. The maximum absolute atomic E-state index is 14.0. The number of pyridine rings is 1. The Hall–Kier alpha value is -3.30. The van der Waals surface area contributed by atoms with Gasteiger partial charge in [-0.05, 0) is 43.2 Å². The van der Waals surface area contributed by atoms with Gasteiger partial charge in [-0.3, -0.25) is 9.59 Å². The van der Waals surface area contributed by atoms with E-state index in [9.17, 15) is 9.59 Å². The minimum atomic E-state index is -0.297. The van der Waals surface area contributed by atoms with Gasteiger partial charge in [0.25, 0.3) is 5.91 Å². The molecule has 36 heavy (non-hydrogen) atoms. The molecule has 2 N–H and O–H groups in total. The van der Waals surface area contributed by atoms with Gasteiger partial charge in [-0.15, -0.1) is 0 Å². The molecule has 0 radical (unpaired) electrons. The van der Waals surface area contributed by atoms with Crippen molar-refractivity contribution in [3.05, 3.63) is 46.5 Å². The van der Waals surface area contributed by atoms with Gasteiger partial charge in [-0.1, -0.05) is 18.2 Å². The summed E-state index contributed by atoms with van der Waals surface area (Å²) in [5, 5.41) is 0.329. The topological polar surface area (TPSA) is 101 Å². The summed E-state index contributed by atoms with van der Waals surface area (Å²) in [6.45, 7) is 11.4. The number of ether oxygens (including phenoxy) is 2. The number of anilines is 2. The SMILES string of the molecule is C=CC(=O)N1CCN2C(=O)c3c(N4CCOCC4)cc(-c4nc(N)cc(C)c4C)c(Cl)c3OC[C@H]2C1. The van der Waals surface area contributed by atoms with Crippen molar-refractivity contribution in [2.24, 2.45) is 0 Å². The lowest BCUT2D eigenvalue weighted by molar-refractivity contribution is -0.128.